The fourth-order valence-electron chi connectivity index (χ4n) is 2.40. The van der Waals surface area contributed by atoms with Crippen molar-refractivity contribution >= 4 is 0 Å². The van der Waals surface area contributed by atoms with Crippen LogP contribution in [0, 0.1) is 5.92 Å². The maximum atomic E-state index is 4.22. The number of rotatable bonds is 9. The SMILES string of the molecule is CC(C)CN(CCn1cc(CNC(C)C)nn1)C1CC1. The van der Waals surface area contributed by atoms with Crippen LogP contribution < -0.4 is 5.32 Å². The average Bonchev–Trinajstić information content (AvgIpc) is 3.12. The molecule has 1 aliphatic rings. The van der Waals surface area contributed by atoms with Crippen molar-refractivity contribution in [2.75, 3.05) is 13.1 Å². The van der Waals surface area contributed by atoms with Crippen LogP contribution in [0.3, 0.4) is 0 Å². The van der Waals surface area contributed by atoms with E-state index >= 15 is 0 Å². The highest BCUT2D eigenvalue weighted by Crippen LogP contribution is 2.27. The average molecular weight is 279 g/mol. The van der Waals surface area contributed by atoms with Gasteiger partial charge < -0.3 is 5.32 Å². The van der Waals surface area contributed by atoms with Crippen molar-refractivity contribution in [2.24, 2.45) is 5.92 Å². The molecule has 0 unspecified atom stereocenters. The van der Waals surface area contributed by atoms with Crippen LogP contribution in [0.4, 0.5) is 0 Å². The minimum atomic E-state index is 0.483. The monoisotopic (exact) mass is 279 g/mol. The highest BCUT2D eigenvalue weighted by atomic mass is 15.4. The summed E-state index contributed by atoms with van der Waals surface area (Å²) >= 11 is 0. The van der Waals surface area contributed by atoms with E-state index in [9.17, 15) is 0 Å². The normalized spacial score (nSPS) is 15.8. The van der Waals surface area contributed by atoms with Crippen LogP contribution in [0.25, 0.3) is 0 Å². The molecule has 0 aliphatic heterocycles. The first kappa shape index (κ1) is 15.4. The van der Waals surface area contributed by atoms with Gasteiger partial charge in [0, 0.05) is 37.9 Å². The van der Waals surface area contributed by atoms with E-state index in [0.717, 1.165) is 37.3 Å². The summed E-state index contributed by atoms with van der Waals surface area (Å²) in [5.74, 6) is 0.733. The number of hydrogen-bond acceptors (Lipinski definition) is 4. The summed E-state index contributed by atoms with van der Waals surface area (Å²) < 4.78 is 1.98. The third kappa shape index (κ3) is 5.21. The number of aromatic nitrogens is 3. The zero-order valence-electron chi connectivity index (χ0n) is 13.3. The Hall–Kier alpha value is -0.940. The van der Waals surface area contributed by atoms with E-state index in [-0.39, 0.29) is 0 Å². The van der Waals surface area contributed by atoms with Crippen molar-refractivity contribution in [1.82, 2.24) is 25.2 Å². The molecule has 0 spiro atoms. The van der Waals surface area contributed by atoms with E-state index in [0.29, 0.717) is 6.04 Å². The van der Waals surface area contributed by atoms with E-state index < -0.39 is 0 Å². The lowest BCUT2D eigenvalue weighted by molar-refractivity contribution is 0.222. The van der Waals surface area contributed by atoms with Gasteiger partial charge in [-0.3, -0.25) is 9.58 Å². The second-order valence-electron chi connectivity index (χ2n) is 6.63. The summed E-state index contributed by atoms with van der Waals surface area (Å²) in [5.41, 5.74) is 1.03. The van der Waals surface area contributed by atoms with E-state index in [1.807, 2.05) is 4.68 Å². The zero-order chi connectivity index (χ0) is 14.5. The van der Waals surface area contributed by atoms with Crippen molar-refractivity contribution in [3.05, 3.63) is 11.9 Å². The topological polar surface area (TPSA) is 46.0 Å². The lowest BCUT2D eigenvalue weighted by Gasteiger charge is -2.23. The van der Waals surface area contributed by atoms with Crippen molar-refractivity contribution in [2.45, 2.75) is 65.7 Å². The summed E-state index contributed by atoms with van der Waals surface area (Å²) in [5, 5.41) is 11.8. The van der Waals surface area contributed by atoms with Gasteiger partial charge >= 0.3 is 0 Å². The van der Waals surface area contributed by atoms with E-state index in [4.69, 9.17) is 0 Å². The van der Waals surface area contributed by atoms with E-state index in [1.54, 1.807) is 0 Å². The largest absolute Gasteiger partial charge is 0.309 e. The minimum absolute atomic E-state index is 0.483. The Morgan fingerprint density at radius 1 is 1.35 bits per heavy atom. The van der Waals surface area contributed by atoms with Gasteiger partial charge in [0.1, 0.15) is 0 Å². The molecule has 2 rings (SSSR count). The second-order valence-corrected chi connectivity index (χ2v) is 6.63. The van der Waals surface area contributed by atoms with Crippen molar-refractivity contribution in [3.63, 3.8) is 0 Å². The molecule has 1 saturated carbocycles. The van der Waals surface area contributed by atoms with Crippen LogP contribution in [-0.4, -0.2) is 45.1 Å². The van der Waals surface area contributed by atoms with Crippen molar-refractivity contribution in [1.29, 1.82) is 0 Å². The van der Waals surface area contributed by atoms with Crippen LogP contribution >= 0.6 is 0 Å². The minimum Gasteiger partial charge on any atom is -0.309 e. The molecule has 5 nitrogen and oxygen atoms in total. The second kappa shape index (κ2) is 7.18. The van der Waals surface area contributed by atoms with Crippen LogP contribution in [0.5, 0.6) is 0 Å². The molecule has 5 heteroatoms. The van der Waals surface area contributed by atoms with Crippen LogP contribution in [0.15, 0.2) is 6.20 Å². The summed E-state index contributed by atoms with van der Waals surface area (Å²) in [4.78, 5) is 2.61. The fourth-order valence-corrected chi connectivity index (χ4v) is 2.40. The molecule has 1 N–H and O–H groups in total. The molecule has 1 fully saturated rings. The molecule has 0 radical (unpaired) electrons. The highest BCUT2D eigenvalue weighted by molar-refractivity contribution is 4.92. The lowest BCUT2D eigenvalue weighted by Crippen LogP contribution is -2.33. The van der Waals surface area contributed by atoms with Gasteiger partial charge in [0.2, 0.25) is 0 Å². The fraction of sp³-hybridized carbons (Fsp3) is 0.867. The molecular formula is C15H29N5. The molecule has 1 aromatic rings. The summed E-state index contributed by atoms with van der Waals surface area (Å²) in [6, 6.07) is 1.31. The van der Waals surface area contributed by atoms with Crippen molar-refractivity contribution in [3.8, 4) is 0 Å². The van der Waals surface area contributed by atoms with Crippen LogP contribution in [0.2, 0.25) is 0 Å². The molecule has 0 bridgehead atoms. The molecule has 20 heavy (non-hydrogen) atoms. The Bertz CT molecular complexity index is 395. The van der Waals surface area contributed by atoms with Gasteiger partial charge in [-0.1, -0.05) is 32.9 Å². The smallest absolute Gasteiger partial charge is 0.0964 e. The Morgan fingerprint density at radius 3 is 2.70 bits per heavy atom. The quantitative estimate of drug-likeness (QED) is 0.750. The highest BCUT2D eigenvalue weighted by Gasteiger charge is 2.28. The molecule has 0 atom stereocenters. The molecule has 0 aromatic carbocycles. The number of hydrogen-bond donors (Lipinski definition) is 1. The van der Waals surface area contributed by atoms with Gasteiger partial charge in [-0.05, 0) is 18.8 Å². The van der Waals surface area contributed by atoms with Gasteiger partial charge in [0.15, 0.2) is 0 Å². The summed E-state index contributed by atoms with van der Waals surface area (Å²) in [6.07, 6.45) is 4.80. The summed E-state index contributed by atoms with van der Waals surface area (Å²) in [6.45, 7) is 12.9. The maximum Gasteiger partial charge on any atom is 0.0964 e. The summed E-state index contributed by atoms with van der Waals surface area (Å²) in [7, 11) is 0. The maximum absolute atomic E-state index is 4.22. The zero-order valence-corrected chi connectivity index (χ0v) is 13.3. The van der Waals surface area contributed by atoms with Gasteiger partial charge in [0.05, 0.1) is 12.2 Å². The number of nitrogens with zero attached hydrogens (tertiary/aromatic N) is 4. The Kier molecular flexibility index (Phi) is 5.54. The van der Waals surface area contributed by atoms with Gasteiger partial charge in [-0.2, -0.15) is 0 Å². The number of nitrogens with one attached hydrogen (secondary N) is 1. The predicted octanol–water partition coefficient (Wildman–Crippen LogP) is 1.90. The standard InChI is InChI=1S/C15H29N5/c1-12(2)10-19(15-5-6-15)7-8-20-11-14(17-18-20)9-16-13(3)4/h11-13,15-16H,5-10H2,1-4H3. The lowest BCUT2D eigenvalue weighted by atomic mass is 10.2. The van der Waals surface area contributed by atoms with Crippen LogP contribution in [0.1, 0.15) is 46.2 Å². The molecular weight excluding hydrogens is 250 g/mol. The van der Waals surface area contributed by atoms with E-state index in [2.05, 4.69) is 54.4 Å². The molecule has 0 amide bonds. The Morgan fingerprint density at radius 2 is 2.10 bits per heavy atom. The molecule has 1 heterocycles. The molecule has 114 valence electrons. The van der Waals surface area contributed by atoms with Gasteiger partial charge in [0.25, 0.3) is 0 Å². The Labute approximate surface area is 122 Å². The first-order valence-corrected chi connectivity index (χ1v) is 7.91. The molecule has 1 aliphatic carbocycles. The first-order chi connectivity index (χ1) is 9.54. The third-order valence-electron chi connectivity index (χ3n) is 3.56. The third-order valence-corrected chi connectivity index (χ3v) is 3.56. The molecule has 0 saturated heterocycles. The molecule has 1 aromatic heterocycles. The van der Waals surface area contributed by atoms with Gasteiger partial charge in [-0.15, -0.1) is 5.10 Å². The van der Waals surface area contributed by atoms with Crippen molar-refractivity contribution < 1.29 is 0 Å². The van der Waals surface area contributed by atoms with Gasteiger partial charge in [-0.25, -0.2) is 0 Å². The van der Waals surface area contributed by atoms with E-state index in [1.165, 1.54) is 19.4 Å². The Balaban J connectivity index is 1.77. The predicted molar refractivity (Wildman–Crippen MR) is 81.4 cm³/mol. The van der Waals surface area contributed by atoms with Crippen LogP contribution in [-0.2, 0) is 13.1 Å². The first-order valence-electron chi connectivity index (χ1n) is 7.91.